The molecule has 2 atom stereocenters. The summed E-state index contributed by atoms with van der Waals surface area (Å²) >= 11 is 0. The van der Waals surface area contributed by atoms with Gasteiger partial charge in [0, 0.05) is 12.6 Å². The number of hydrogen-bond donors (Lipinski definition) is 2. The molecule has 2 fully saturated rings. The summed E-state index contributed by atoms with van der Waals surface area (Å²) in [5.74, 6) is 0.974. The van der Waals surface area contributed by atoms with Crippen LogP contribution in [0.1, 0.15) is 32.6 Å². The van der Waals surface area contributed by atoms with Crippen LogP contribution in [0.2, 0.25) is 0 Å². The minimum atomic E-state index is 0.204. The largest absolute Gasteiger partial charge is 0.353 e. The molecule has 14 heavy (non-hydrogen) atoms. The van der Waals surface area contributed by atoms with E-state index in [-0.39, 0.29) is 11.8 Å². The lowest BCUT2D eigenvalue weighted by molar-refractivity contribution is -0.126. The minimum Gasteiger partial charge on any atom is -0.353 e. The molecule has 0 radical (unpaired) electrons. The van der Waals surface area contributed by atoms with Gasteiger partial charge in [-0.3, -0.25) is 4.79 Å². The molecule has 3 heteroatoms. The molecule has 1 aliphatic heterocycles. The predicted octanol–water partition coefficient (Wildman–Crippen LogP) is 0.901. The van der Waals surface area contributed by atoms with Crippen molar-refractivity contribution in [2.75, 3.05) is 13.1 Å². The van der Waals surface area contributed by atoms with Crippen LogP contribution in [0.3, 0.4) is 0 Å². The van der Waals surface area contributed by atoms with Gasteiger partial charge in [-0.2, -0.15) is 0 Å². The van der Waals surface area contributed by atoms with Gasteiger partial charge < -0.3 is 10.6 Å². The monoisotopic (exact) mass is 196 g/mol. The number of hydrogen-bond acceptors (Lipinski definition) is 2. The number of rotatable bonds is 2. The Kier molecular flexibility index (Phi) is 3.06. The normalized spacial score (nSPS) is 33.5. The third-order valence-electron chi connectivity index (χ3n) is 3.56. The van der Waals surface area contributed by atoms with E-state index in [1.165, 1.54) is 25.7 Å². The topological polar surface area (TPSA) is 41.1 Å². The van der Waals surface area contributed by atoms with E-state index >= 15 is 0 Å². The molecule has 0 unspecified atom stereocenters. The van der Waals surface area contributed by atoms with Crippen molar-refractivity contribution in [2.45, 2.75) is 38.6 Å². The molecule has 80 valence electrons. The van der Waals surface area contributed by atoms with Gasteiger partial charge in [-0.1, -0.05) is 19.8 Å². The van der Waals surface area contributed by atoms with Gasteiger partial charge in [-0.25, -0.2) is 0 Å². The highest BCUT2D eigenvalue weighted by atomic mass is 16.2. The second-order valence-electron chi connectivity index (χ2n) is 4.73. The summed E-state index contributed by atoms with van der Waals surface area (Å²) < 4.78 is 0. The summed E-state index contributed by atoms with van der Waals surface area (Å²) in [6.07, 6.45) is 4.92. The molecule has 1 saturated heterocycles. The molecule has 0 aromatic heterocycles. The van der Waals surface area contributed by atoms with E-state index in [0.29, 0.717) is 12.0 Å². The summed E-state index contributed by atoms with van der Waals surface area (Å²) in [7, 11) is 0. The average Bonchev–Trinajstić information content (AvgIpc) is 2.75. The molecule has 0 aromatic carbocycles. The fraction of sp³-hybridized carbons (Fsp3) is 0.909. The zero-order valence-corrected chi connectivity index (χ0v) is 8.88. The Morgan fingerprint density at radius 1 is 1.29 bits per heavy atom. The van der Waals surface area contributed by atoms with Gasteiger partial charge in [-0.05, 0) is 25.3 Å². The third kappa shape index (κ3) is 2.08. The first-order chi connectivity index (χ1) is 6.77. The van der Waals surface area contributed by atoms with Crippen molar-refractivity contribution < 1.29 is 4.79 Å². The zero-order chi connectivity index (χ0) is 9.97. The first-order valence-corrected chi connectivity index (χ1v) is 5.78. The Morgan fingerprint density at radius 3 is 2.57 bits per heavy atom. The van der Waals surface area contributed by atoms with E-state index in [0.717, 1.165) is 13.1 Å². The van der Waals surface area contributed by atoms with E-state index < -0.39 is 0 Å². The second kappa shape index (κ2) is 4.30. The van der Waals surface area contributed by atoms with Crippen LogP contribution in [-0.2, 0) is 4.79 Å². The van der Waals surface area contributed by atoms with E-state index in [9.17, 15) is 4.79 Å². The van der Waals surface area contributed by atoms with Crippen LogP contribution in [0.4, 0.5) is 0 Å². The molecule has 1 heterocycles. The molecule has 0 aromatic rings. The van der Waals surface area contributed by atoms with Gasteiger partial charge in [0.2, 0.25) is 5.91 Å². The van der Waals surface area contributed by atoms with Crippen LogP contribution in [0.25, 0.3) is 0 Å². The Balaban J connectivity index is 1.82. The molecule has 1 saturated carbocycles. The third-order valence-corrected chi connectivity index (χ3v) is 3.56. The smallest absolute Gasteiger partial charge is 0.224 e. The maximum Gasteiger partial charge on any atom is 0.224 e. The molecule has 2 aliphatic rings. The van der Waals surface area contributed by atoms with Crippen molar-refractivity contribution in [3.8, 4) is 0 Å². The standard InChI is InChI=1S/C11H20N2O/c1-8-6-12-7-10(8)11(14)13-9-4-2-3-5-9/h8-10,12H,2-7H2,1H3,(H,13,14)/t8-,10-/m1/s1. The zero-order valence-electron chi connectivity index (χ0n) is 8.88. The second-order valence-corrected chi connectivity index (χ2v) is 4.73. The summed E-state index contributed by atoms with van der Waals surface area (Å²) in [4.78, 5) is 11.9. The SMILES string of the molecule is C[C@@H]1CNC[C@H]1C(=O)NC1CCCC1. The molecular formula is C11H20N2O. The van der Waals surface area contributed by atoms with Crippen LogP contribution >= 0.6 is 0 Å². The van der Waals surface area contributed by atoms with E-state index in [1.807, 2.05) is 0 Å². The number of nitrogens with one attached hydrogen (secondary N) is 2. The van der Waals surface area contributed by atoms with Gasteiger partial charge in [0.15, 0.2) is 0 Å². The van der Waals surface area contributed by atoms with Crippen molar-refractivity contribution in [2.24, 2.45) is 11.8 Å². The molecule has 2 N–H and O–H groups in total. The fourth-order valence-corrected chi connectivity index (χ4v) is 2.54. The van der Waals surface area contributed by atoms with Crippen molar-refractivity contribution in [1.29, 1.82) is 0 Å². The van der Waals surface area contributed by atoms with Gasteiger partial charge in [0.05, 0.1) is 5.92 Å². The minimum absolute atomic E-state index is 0.204. The van der Waals surface area contributed by atoms with Crippen LogP contribution < -0.4 is 10.6 Å². The van der Waals surface area contributed by atoms with E-state index in [2.05, 4.69) is 17.6 Å². The number of carbonyl (C=O) groups excluding carboxylic acids is 1. The van der Waals surface area contributed by atoms with Crippen molar-refractivity contribution in [1.82, 2.24) is 10.6 Å². The average molecular weight is 196 g/mol. The quantitative estimate of drug-likeness (QED) is 0.689. The molecular weight excluding hydrogens is 176 g/mol. The lowest BCUT2D eigenvalue weighted by atomic mass is 9.97. The van der Waals surface area contributed by atoms with E-state index in [4.69, 9.17) is 0 Å². The highest BCUT2D eigenvalue weighted by Crippen LogP contribution is 2.20. The van der Waals surface area contributed by atoms with Gasteiger partial charge in [-0.15, -0.1) is 0 Å². The highest BCUT2D eigenvalue weighted by Gasteiger charge is 2.31. The first kappa shape index (κ1) is 9.97. The van der Waals surface area contributed by atoms with Crippen LogP contribution in [-0.4, -0.2) is 25.0 Å². The Bertz CT molecular complexity index is 211. The molecule has 3 nitrogen and oxygen atoms in total. The Labute approximate surface area is 85.6 Å². The lowest BCUT2D eigenvalue weighted by Gasteiger charge is -2.18. The maximum absolute atomic E-state index is 11.9. The summed E-state index contributed by atoms with van der Waals surface area (Å²) in [5.41, 5.74) is 0. The summed E-state index contributed by atoms with van der Waals surface area (Å²) in [6, 6.07) is 0.468. The summed E-state index contributed by atoms with van der Waals surface area (Å²) in [6.45, 7) is 4.00. The number of amides is 1. The van der Waals surface area contributed by atoms with Crippen LogP contribution in [0.15, 0.2) is 0 Å². The fourth-order valence-electron chi connectivity index (χ4n) is 2.54. The van der Waals surface area contributed by atoms with Gasteiger partial charge >= 0.3 is 0 Å². The molecule has 0 bridgehead atoms. The van der Waals surface area contributed by atoms with Gasteiger partial charge in [0.1, 0.15) is 0 Å². The first-order valence-electron chi connectivity index (χ1n) is 5.78. The molecule has 1 amide bonds. The maximum atomic E-state index is 11.9. The van der Waals surface area contributed by atoms with Crippen molar-refractivity contribution >= 4 is 5.91 Å². The summed E-state index contributed by atoms with van der Waals surface area (Å²) in [5, 5.41) is 6.44. The highest BCUT2D eigenvalue weighted by molar-refractivity contribution is 5.79. The van der Waals surface area contributed by atoms with Crippen LogP contribution in [0, 0.1) is 11.8 Å². The predicted molar refractivity (Wildman–Crippen MR) is 55.9 cm³/mol. The number of carbonyl (C=O) groups is 1. The molecule has 0 spiro atoms. The lowest BCUT2D eigenvalue weighted by Crippen LogP contribution is -2.39. The van der Waals surface area contributed by atoms with Crippen molar-refractivity contribution in [3.05, 3.63) is 0 Å². The van der Waals surface area contributed by atoms with E-state index in [1.54, 1.807) is 0 Å². The van der Waals surface area contributed by atoms with Crippen molar-refractivity contribution in [3.63, 3.8) is 0 Å². The van der Waals surface area contributed by atoms with Crippen LogP contribution in [0.5, 0.6) is 0 Å². The van der Waals surface area contributed by atoms with Gasteiger partial charge in [0.25, 0.3) is 0 Å². The Hall–Kier alpha value is -0.570. The Morgan fingerprint density at radius 2 is 2.00 bits per heavy atom. The molecule has 2 rings (SSSR count). The molecule has 1 aliphatic carbocycles.